The molecule has 1 heterocycles. The average molecular weight is 431 g/mol. The quantitative estimate of drug-likeness (QED) is 0.436. The van der Waals surface area contributed by atoms with Gasteiger partial charge in [0.15, 0.2) is 6.61 Å². The van der Waals surface area contributed by atoms with Crippen LogP contribution in [0.25, 0.3) is 22.2 Å². The molecular weight excluding hydrogens is 412 g/mol. The number of amides is 1. The molecule has 1 N–H and O–H groups in total. The fourth-order valence-electron chi connectivity index (χ4n) is 3.21. The zero-order valence-electron chi connectivity index (χ0n) is 16.5. The maximum absolute atomic E-state index is 12.8. The van der Waals surface area contributed by atoms with E-state index in [2.05, 4.69) is 10.3 Å². The second-order valence-corrected chi connectivity index (χ2v) is 7.36. The Morgan fingerprint density at radius 1 is 0.903 bits per heavy atom. The van der Waals surface area contributed by atoms with Gasteiger partial charge in [0.2, 0.25) is 0 Å². The summed E-state index contributed by atoms with van der Waals surface area (Å²) in [6.45, 7) is -0.0794. The third-order valence-electron chi connectivity index (χ3n) is 4.72. The zero-order chi connectivity index (χ0) is 21.6. The number of fused-ring (bicyclic) bond motifs is 1. The highest BCUT2D eigenvalue weighted by Gasteiger charge is 2.16. The summed E-state index contributed by atoms with van der Waals surface area (Å²) in [4.78, 5) is 29.6. The van der Waals surface area contributed by atoms with E-state index in [1.165, 1.54) is 0 Å². The molecular formula is C25H19ClN2O3. The van der Waals surface area contributed by atoms with Crippen molar-refractivity contribution in [3.63, 3.8) is 0 Å². The van der Waals surface area contributed by atoms with Crippen molar-refractivity contribution < 1.29 is 14.3 Å². The highest BCUT2D eigenvalue weighted by Crippen LogP contribution is 2.25. The van der Waals surface area contributed by atoms with Crippen molar-refractivity contribution in [2.45, 2.75) is 6.54 Å². The Morgan fingerprint density at radius 2 is 1.68 bits per heavy atom. The second kappa shape index (κ2) is 9.41. The van der Waals surface area contributed by atoms with Gasteiger partial charge in [0.1, 0.15) is 0 Å². The normalized spacial score (nSPS) is 10.6. The largest absolute Gasteiger partial charge is 0.452 e. The lowest BCUT2D eigenvalue weighted by molar-refractivity contribution is -0.124. The molecule has 0 aliphatic carbocycles. The van der Waals surface area contributed by atoms with Crippen molar-refractivity contribution in [2.24, 2.45) is 0 Å². The van der Waals surface area contributed by atoms with Crippen molar-refractivity contribution in [3.8, 4) is 11.3 Å². The van der Waals surface area contributed by atoms with Crippen LogP contribution in [-0.2, 0) is 16.1 Å². The van der Waals surface area contributed by atoms with E-state index in [-0.39, 0.29) is 6.61 Å². The van der Waals surface area contributed by atoms with Crippen LogP contribution < -0.4 is 5.32 Å². The first-order valence-electron chi connectivity index (χ1n) is 9.73. The van der Waals surface area contributed by atoms with Crippen LogP contribution in [0.15, 0.2) is 84.9 Å². The second-order valence-electron chi connectivity index (χ2n) is 6.92. The van der Waals surface area contributed by atoms with E-state index >= 15 is 0 Å². The highest BCUT2D eigenvalue weighted by molar-refractivity contribution is 6.30. The Morgan fingerprint density at radius 3 is 2.48 bits per heavy atom. The number of aromatic nitrogens is 1. The molecule has 0 fully saturated rings. The van der Waals surface area contributed by atoms with Crippen LogP contribution in [-0.4, -0.2) is 23.5 Å². The van der Waals surface area contributed by atoms with Gasteiger partial charge < -0.3 is 10.1 Å². The number of esters is 1. The molecule has 154 valence electrons. The minimum Gasteiger partial charge on any atom is -0.452 e. The van der Waals surface area contributed by atoms with E-state index in [0.717, 1.165) is 11.1 Å². The van der Waals surface area contributed by atoms with Gasteiger partial charge in [0, 0.05) is 22.5 Å². The monoisotopic (exact) mass is 430 g/mol. The summed E-state index contributed by atoms with van der Waals surface area (Å²) in [5, 5.41) is 3.99. The summed E-state index contributed by atoms with van der Waals surface area (Å²) >= 11 is 5.95. The summed E-state index contributed by atoms with van der Waals surface area (Å²) in [5.41, 5.74) is 3.46. The van der Waals surface area contributed by atoms with Crippen LogP contribution in [0.2, 0.25) is 5.02 Å². The lowest BCUT2D eigenvalue weighted by Gasteiger charge is -2.10. The molecule has 0 aliphatic rings. The van der Waals surface area contributed by atoms with Crippen LogP contribution in [0.1, 0.15) is 15.9 Å². The Balaban J connectivity index is 1.48. The molecule has 1 amide bonds. The molecule has 0 spiro atoms. The minimum absolute atomic E-state index is 0.299. The molecule has 0 aliphatic heterocycles. The Kier molecular flexibility index (Phi) is 6.24. The Labute approximate surface area is 184 Å². The number of para-hydroxylation sites is 1. The van der Waals surface area contributed by atoms with Gasteiger partial charge in [-0.2, -0.15) is 0 Å². The lowest BCUT2D eigenvalue weighted by atomic mass is 10.0. The molecule has 0 saturated heterocycles. The van der Waals surface area contributed by atoms with Gasteiger partial charge >= 0.3 is 5.97 Å². The van der Waals surface area contributed by atoms with Crippen molar-refractivity contribution in [3.05, 3.63) is 101 Å². The number of pyridine rings is 1. The van der Waals surface area contributed by atoms with E-state index in [1.807, 2.05) is 66.7 Å². The Bertz CT molecular complexity index is 1240. The molecule has 1 aromatic heterocycles. The van der Waals surface area contributed by atoms with Crippen LogP contribution in [0.3, 0.4) is 0 Å². The number of ether oxygens (including phenoxy) is 1. The van der Waals surface area contributed by atoms with Gasteiger partial charge in [0.05, 0.1) is 16.8 Å². The van der Waals surface area contributed by atoms with Crippen LogP contribution in [0.4, 0.5) is 0 Å². The maximum Gasteiger partial charge on any atom is 0.339 e. The molecule has 0 bridgehead atoms. The van der Waals surface area contributed by atoms with E-state index in [1.54, 1.807) is 18.2 Å². The van der Waals surface area contributed by atoms with Crippen molar-refractivity contribution in [1.82, 2.24) is 10.3 Å². The number of rotatable bonds is 6. The average Bonchev–Trinajstić information content (AvgIpc) is 2.81. The van der Waals surface area contributed by atoms with Gasteiger partial charge in [0.25, 0.3) is 5.91 Å². The number of hydrogen-bond donors (Lipinski definition) is 1. The maximum atomic E-state index is 12.8. The summed E-state index contributed by atoms with van der Waals surface area (Å²) in [6, 6.07) is 25.8. The summed E-state index contributed by atoms with van der Waals surface area (Å²) < 4.78 is 5.30. The number of benzene rings is 3. The smallest absolute Gasteiger partial charge is 0.339 e. The Hall–Kier alpha value is -3.70. The number of nitrogens with one attached hydrogen (secondary N) is 1. The van der Waals surface area contributed by atoms with Crippen molar-refractivity contribution >= 4 is 34.4 Å². The first kappa shape index (κ1) is 20.6. The van der Waals surface area contributed by atoms with Crippen molar-refractivity contribution in [1.29, 1.82) is 0 Å². The fraction of sp³-hybridized carbons (Fsp3) is 0.0800. The highest BCUT2D eigenvalue weighted by atomic mass is 35.5. The molecule has 0 saturated carbocycles. The molecule has 6 heteroatoms. The molecule has 4 rings (SSSR count). The molecule has 4 aromatic rings. The molecule has 3 aromatic carbocycles. The molecule has 5 nitrogen and oxygen atoms in total. The van der Waals surface area contributed by atoms with E-state index in [9.17, 15) is 9.59 Å². The standard InChI is InChI=1S/C25H19ClN2O3/c26-19-10-6-7-17(13-19)15-27-24(29)16-31-25(30)21-14-23(18-8-2-1-3-9-18)28-22-12-5-4-11-20(21)22/h1-14H,15-16H2,(H,27,29). The van der Waals surface area contributed by atoms with Crippen LogP contribution >= 0.6 is 11.6 Å². The first-order valence-corrected chi connectivity index (χ1v) is 10.1. The minimum atomic E-state index is -0.575. The third kappa shape index (κ3) is 5.08. The number of carbonyl (C=O) groups excluding carboxylic acids is 2. The van der Waals surface area contributed by atoms with Gasteiger partial charge in [-0.15, -0.1) is 0 Å². The predicted molar refractivity (Wildman–Crippen MR) is 121 cm³/mol. The fourth-order valence-corrected chi connectivity index (χ4v) is 3.42. The third-order valence-corrected chi connectivity index (χ3v) is 4.95. The van der Waals surface area contributed by atoms with Gasteiger partial charge in [-0.1, -0.05) is 72.3 Å². The predicted octanol–water partition coefficient (Wildman–Crippen LogP) is 5.03. The molecule has 0 radical (unpaired) electrons. The van der Waals surface area contributed by atoms with E-state index < -0.39 is 11.9 Å². The topological polar surface area (TPSA) is 68.3 Å². The molecule has 0 unspecified atom stereocenters. The number of carbonyl (C=O) groups is 2. The SMILES string of the molecule is O=C(COC(=O)c1cc(-c2ccccc2)nc2ccccc12)NCc1cccc(Cl)c1. The van der Waals surface area contributed by atoms with Crippen molar-refractivity contribution in [2.75, 3.05) is 6.61 Å². The number of hydrogen-bond acceptors (Lipinski definition) is 4. The lowest BCUT2D eigenvalue weighted by Crippen LogP contribution is -2.28. The van der Waals surface area contributed by atoms with Crippen LogP contribution in [0, 0.1) is 0 Å². The first-order chi connectivity index (χ1) is 15.1. The molecule has 0 atom stereocenters. The van der Waals surface area contributed by atoms with E-state index in [4.69, 9.17) is 16.3 Å². The van der Waals surface area contributed by atoms with Gasteiger partial charge in [-0.05, 0) is 29.8 Å². The summed E-state index contributed by atoms with van der Waals surface area (Å²) in [7, 11) is 0. The van der Waals surface area contributed by atoms with Crippen LogP contribution in [0.5, 0.6) is 0 Å². The van der Waals surface area contributed by atoms with Gasteiger partial charge in [-0.25, -0.2) is 9.78 Å². The molecule has 31 heavy (non-hydrogen) atoms. The summed E-state index contributed by atoms with van der Waals surface area (Å²) in [5.74, 6) is -0.969. The number of halogens is 1. The zero-order valence-corrected chi connectivity index (χ0v) is 17.3. The van der Waals surface area contributed by atoms with Gasteiger partial charge in [-0.3, -0.25) is 4.79 Å². The van der Waals surface area contributed by atoms with E-state index in [0.29, 0.717) is 33.7 Å². The number of nitrogens with zero attached hydrogens (tertiary/aromatic N) is 1. The summed E-state index contributed by atoms with van der Waals surface area (Å²) in [6.07, 6.45) is 0.